The van der Waals surface area contributed by atoms with Crippen molar-refractivity contribution in [1.82, 2.24) is 9.97 Å². The third-order valence-electron chi connectivity index (χ3n) is 3.02. The number of rotatable bonds is 6. The molecule has 5 heteroatoms. The van der Waals surface area contributed by atoms with Crippen LogP contribution < -0.4 is 15.6 Å². The van der Waals surface area contributed by atoms with Crippen LogP contribution in [-0.2, 0) is 12.8 Å². The highest BCUT2D eigenvalue weighted by molar-refractivity contribution is 5.29. The molecule has 0 unspecified atom stereocenters. The van der Waals surface area contributed by atoms with Crippen LogP contribution >= 0.6 is 0 Å². The lowest BCUT2D eigenvalue weighted by Gasteiger charge is -2.07. The third kappa shape index (κ3) is 3.85. The number of aromatic nitrogens is 2. The molecule has 2 rings (SSSR count). The summed E-state index contributed by atoms with van der Waals surface area (Å²) >= 11 is 0. The van der Waals surface area contributed by atoms with E-state index in [1.165, 1.54) is 11.6 Å². The molecule has 0 saturated heterocycles. The average molecular weight is 273 g/mol. The Hall–Kier alpha value is -2.30. The maximum Gasteiger partial charge on any atom is 0.252 e. The van der Waals surface area contributed by atoms with Gasteiger partial charge in [0.25, 0.3) is 5.56 Å². The number of H-pyrrole nitrogens is 1. The van der Waals surface area contributed by atoms with Crippen LogP contribution in [0.4, 0.5) is 5.95 Å². The fourth-order valence-electron chi connectivity index (χ4n) is 1.89. The summed E-state index contributed by atoms with van der Waals surface area (Å²) in [5.74, 6) is 1.38. The Morgan fingerprint density at radius 1 is 1.30 bits per heavy atom. The van der Waals surface area contributed by atoms with Crippen molar-refractivity contribution in [3.63, 3.8) is 0 Å². The van der Waals surface area contributed by atoms with Gasteiger partial charge >= 0.3 is 0 Å². The van der Waals surface area contributed by atoms with E-state index < -0.39 is 0 Å². The Kier molecular flexibility index (Phi) is 4.76. The van der Waals surface area contributed by atoms with Crippen molar-refractivity contribution in [2.45, 2.75) is 19.8 Å². The number of ether oxygens (including phenoxy) is 1. The van der Waals surface area contributed by atoms with Crippen LogP contribution in [0.1, 0.15) is 18.2 Å². The molecule has 0 bridgehead atoms. The van der Waals surface area contributed by atoms with E-state index in [0.29, 0.717) is 12.5 Å². The summed E-state index contributed by atoms with van der Waals surface area (Å²) in [6.07, 6.45) is 1.60. The van der Waals surface area contributed by atoms with Crippen molar-refractivity contribution in [3.8, 4) is 5.75 Å². The first kappa shape index (κ1) is 14.1. The van der Waals surface area contributed by atoms with Crippen molar-refractivity contribution in [2.24, 2.45) is 0 Å². The molecule has 0 spiro atoms. The maximum absolute atomic E-state index is 11.4. The smallest absolute Gasteiger partial charge is 0.252 e. The van der Waals surface area contributed by atoms with Crippen molar-refractivity contribution < 1.29 is 4.74 Å². The average Bonchev–Trinajstić information content (AvgIpc) is 2.47. The van der Waals surface area contributed by atoms with Crippen LogP contribution in [0.15, 0.2) is 35.1 Å². The lowest BCUT2D eigenvalue weighted by molar-refractivity contribution is 0.414. The first-order valence-corrected chi connectivity index (χ1v) is 6.68. The second kappa shape index (κ2) is 6.75. The molecule has 106 valence electrons. The molecule has 20 heavy (non-hydrogen) atoms. The van der Waals surface area contributed by atoms with Crippen molar-refractivity contribution in [2.75, 3.05) is 19.0 Å². The molecule has 2 aromatic rings. The minimum atomic E-state index is -0.121. The lowest BCUT2D eigenvalue weighted by atomic mass is 10.1. The highest BCUT2D eigenvalue weighted by Crippen LogP contribution is 2.11. The molecule has 0 aliphatic carbocycles. The fraction of sp³-hybridized carbons (Fsp3) is 0.333. The number of hydrogen-bond acceptors (Lipinski definition) is 4. The first-order chi connectivity index (χ1) is 9.71. The van der Waals surface area contributed by atoms with Crippen molar-refractivity contribution >= 4 is 5.95 Å². The monoisotopic (exact) mass is 273 g/mol. The Balaban J connectivity index is 1.92. The Morgan fingerprint density at radius 3 is 2.70 bits per heavy atom. The van der Waals surface area contributed by atoms with E-state index in [2.05, 4.69) is 15.3 Å². The maximum atomic E-state index is 11.4. The molecule has 0 aliphatic heterocycles. The summed E-state index contributed by atoms with van der Waals surface area (Å²) in [5.41, 5.74) is 1.87. The van der Waals surface area contributed by atoms with Crippen LogP contribution in [0.5, 0.6) is 5.75 Å². The van der Waals surface area contributed by atoms with Crippen LogP contribution in [0.25, 0.3) is 0 Å². The predicted molar refractivity (Wildman–Crippen MR) is 79.4 cm³/mol. The highest BCUT2D eigenvalue weighted by Gasteiger charge is 2.00. The van der Waals surface area contributed by atoms with Gasteiger partial charge in [0, 0.05) is 18.3 Å². The van der Waals surface area contributed by atoms with E-state index in [1.54, 1.807) is 7.11 Å². The normalized spacial score (nSPS) is 10.3. The summed E-state index contributed by atoms with van der Waals surface area (Å²) in [4.78, 5) is 18.4. The topological polar surface area (TPSA) is 67.0 Å². The molecule has 0 amide bonds. The minimum absolute atomic E-state index is 0.121. The van der Waals surface area contributed by atoms with E-state index in [0.717, 1.165) is 24.3 Å². The molecule has 0 radical (unpaired) electrons. The molecule has 5 nitrogen and oxygen atoms in total. The molecule has 0 atom stereocenters. The molecule has 1 aromatic carbocycles. The predicted octanol–water partition coefficient (Wildman–Crippen LogP) is 2.00. The van der Waals surface area contributed by atoms with Gasteiger partial charge in [0.15, 0.2) is 0 Å². The zero-order valence-corrected chi connectivity index (χ0v) is 11.8. The third-order valence-corrected chi connectivity index (χ3v) is 3.02. The van der Waals surface area contributed by atoms with Gasteiger partial charge in [-0.05, 0) is 30.5 Å². The quantitative estimate of drug-likeness (QED) is 0.844. The highest BCUT2D eigenvalue weighted by atomic mass is 16.5. The van der Waals surface area contributed by atoms with Gasteiger partial charge in [-0.3, -0.25) is 9.78 Å². The van der Waals surface area contributed by atoms with Crippen LogP contribution in [0, 0.1) is 0 Å². The van der Waals surface area contributed by atoms with Crippen LogP contribution in [0.2, 0.25) is 0 Å². The van der Waals surface area contributed by atoms with E-state index >= 15 is 0 Å². The zero-order chi connectivity index (χ0) is 14.4. The van der Waals surface area contributed by atoms with Gasteiger partial charge in [-0.2, -0.15) is 0 Å². The molecule has 1 aromatic heterocycles. The molecular formula is C15H19N3O2. The fourth-order valence-corrected chi connectivity index (χ4v) is 1.89. The number of aryl methyl sites for hydroxylation is 1. The van der Waals surface area contributed by atoms with E-state index in [4.69, 9.17) is 4.74 Å². The SMILES string of the molecule is CCc1cc(=O)[nH]c(NCCc2ccc(OC)cc2)n1. The summed E-state index contributed by atoms with van der Waals surface area (Å²) in [6, 6.07) is 9.45. The van der Waals surface area contributed by atoms with Crippen molar-refractivity contribution in [3.05, 3.63) is 51.9 Å². The number of nitrogens with one attached hydrogen (secondary N) is 2. The van der Waals surface area contributed by atoms with Gasteiger partial charge in [0.2, 0.25) is 5.95 Å². The standard InChI is InChI=1S/C15H19N3O2/c1-3-12-10-14(19)18-15(17-12)16-9-8-11-4-6-13(20-2)7-5-11/h4-7,10H,3,8-9H2,1-2H3,(H2,16,17,18,19). The second-order valence-electron chi connectivity index (χ2n) is 4.46. The largest absolute Gasteiger partial charge is 0.497 e. The summed E-state index contributed by atoms with van der Waals surface area (Å²) in [5, 5.41) is 3.14. The lowest BCUT2D eigenvalue weighted by Crippen LogP contribution is -2.15. The Bertz CT molecular complexity index is 605. The molecule has 0 fully saturated rings. The number of hydrogen-bond donors (Lipinski definition) is 2. The van der Waals surface area contributed by atoms with Gasteiger partial charge in [-0.25, -0.2) is 4.98 Å². The van der Waals surface area contributed by atoms with Crippen LogP contribution in [0.3, 0.4) is 0 Å². The van der Waals surface area contributed by atoms with Gasteiger partial charge in [-0.1, -0.05) is 19.1 Å². The molecular weight excluding hydrogens is 254 g/mol. The second-order valence-corrected chi connectivity index (χ2v) is 4.46. The van der Waals surface area contributed by atoms with Gasteiger partial charge < -0.3 is 10.1 Å². The van der Waals surface area contributed by atoms with Gasteiger partial charge in [0.05, 0.1) is 7.11 Å². The van der Waals surface area contributed by atoms with E-state index in [9.17, 15) is 4.79 Å². The number of aromatic amines is 1. The van der Waals surface area contributed by atoms with Gasteiger partial charge in [-0.15, -0.1) is 0 Å². The summed E-state index contributed by atoms with van der Waals surface area (Å²) < 4.78 is 5.12. The van der Waals surface area contributed by atoms with Crippen molar-refractivity contribution in [1.29, 1.82) is 0 Å². The van der Waals surface area contributed by atoms with E-state index in [-0.39, 0.29) is 5.56 Å². The number of methoxy groups -OCH3 is 1. The molecule has 0 aliphatic rings. The summed E-state index contributed by atoms with van der Waals surface area (Å²) in [6.45, 7) is 2.69. The zero-order valence-electron chi connectivity index (χ0n) is 11.8. The minimum Gasteiger partial charge on any atom is -0.497 e. The Labute approximate surface area is 118 Å². The molecule has 2 N–H and O–H groups in total. The Morgan fingerprint density at radius 2 is 2.05 bits per heavy atom. The van der Waals surface area contributed by atoms with E-state index in [1.807, 2.05) is 31.2 Å². The molecule has 1 heterocycles. The number of anilines is 1. The first-order valence-electron chi connectivity index (χ1n) is 6.68. The summed E-state index contributed by atoms with van der Waals surface area (Å²) in [7, 11) is 1.65. The number of nitrogens with zero attached hydrogens (tertiary/aromatic N) is 1. The number of benzene rings is 1. The molecule has 0 saturated carbocycles. The van der Waals surface area contributed by atoms with Crippen LogP contribution in [-0.4, -0.2) is 23.6 Å². The van der Waals surface area contributed by atoms with Gasteiger partial charge in [0.1, 0.15) is 5.75 Å².